The summed E-state index contributed by atoms with van der Waals surface area (Å²) in [5.41, 5.74) is 1.12. The number of rotatable bonds is 6. The zero-order valence-corrected chi connectivity index (χ0v) is 12.9. The maximum absolute atomic E-state index is 12.2. The van der Waals surface area contributed by atoms with Crippen molar-refractivity contribution in [3.8, 4) is 0 Å². The Balaban J connectivity index is 0.00000200. The fourth-order valence-electron chi connectivity index (χ4n) is 2.74. The molecular weight excluding hydrogens is 272 g/mol. The SMILES string of the molecule is CCC(C(=O)NCCC1CCNC1)c1ccccc1.Cl. The summed E-state index contributed by atoms with van der Waals surface area (Å²) >= 11 is 0. The molecule has 2 atom stereocenters. The maximum Gasteiger partial charge on any atom is 0.227 e. The summed E-state index contributed by atoms with van der Waals surface area (Å²) in [5, 5.41) is 6.45. The largest absolute Gasteiger partial charge is 0.356 e. The van der Waals surface area contributed by atoms with Gasteiger partial charge in [0.1, 0.15) is 0 Å². The monoisotopic (exact) mass is 296 g/mol. The van der Waals surface area contributed by atoms with Crippen LogP contribution in [0.1, 0.15) is 37.7 Å². The lowest BCUT2D eigenvalue weighted by Gasteiger charge is -2.16. The molecule has 0 spiro atoms. The zero-order valence-electron chi connectivity index (χ0n) is 12.1. The molecule has 112 valence electrons. The molecule has 3 nitrogen and oxygen atoms in total. The first-order valence-corrected chi connectivity index (χ1v) is 7.34. The van der Waals surface area contributed by atoms with Crippen molar-refractivity contribution >= 4 is 18.3 Å². The van der Waals surface area contributed by atoms with E-state index in [1.807, 2.05) is 30.3 Å². The molecule has 2 rings (SSSR count). The number of amides is 1. The van der Waals surface area contributed by atoms with Gasteiger partial charge in [-0.2, -0.15) is 0 Å². The van der Waals surface area contributed by atoms with Gasteiger partial charge in [0.15, 0.2) is 0 Å². The summed E-state index contributed by atoms with van der Waals surface area (Å²) in [5.74, 6) is 0.889. The van der Waals surface area contributed by atoms with Gasteiger partial charge < -0.3 is 10.6 Å². The predicted molar refractivity (Wildman–Crippen MR) is 85.3 cm³/mol. The minimum atomic E-state index is -0.0112. The van der Waals surface area contributed by atoms with Gasteiger partial charge in [-0.3, -0.25) is 4.79 Å². The molecule has 20 heavy (non-hydrogen) atoms. The van der Waals surface area contributed by atoms with Gasteiger partial charge in [0.25, 0.3) is 0 Å². The molecule has 2 unspecified atom stereocenters. The van der Waals surface area contributed by atoms with Gasteiger partial charge in [0.2, 0.25) is 5.91 Å². The zero-order chi connectivity index (χ0) is 13.5. The second-order valence-electron chi connectivity index (χ2n) is 5.31. The molecule has 1 saturated heterocycles. The number of nitrogens with one attached hydrogen (secondary N) is 2. The summed E-state index contributed by atoms with van der Waals surface area (Å²) in [6, 6.07) is 10.1. The molecule has 0 aliphatic carbocycles. The number of carbonyl (C=O) groups is 1. The number of hydrogen-bond donors (Lipinski definition) is 2. The molecule has 0 radical (unpaired) electrons. The van der Waals surface area contributed by atoms with Gasteiger partial charge >= 0.3 is 0 Å². The Morgan fingerprint density at radius 3 is 2.75 bits per heavy atom. The average Bonchev–Trinajstić information content (AvgIpc) is 2.94. The third-order valence-corrected chi connectivity index (χ3v) is 3.94. The van der Waals surface area contributed by atoms with Crippen LogP contribution in [0.3, 0.4) is 0 Å². The number of benzene rings is 1. The van der Waals surface area contributed by atoms with Crippen LogP contribution < -0.4 is 10.6 Å². The van der Waals surface area contributed by atoms with E-state index in [2.05, 4.69) is 17.6 Å². The van der Waals surface area contributed by atoms with E-state index in [1.165, 1.54) is 6.42 Å². The molecule has 0 aromatic heterocycles. The maximum atomic E-state index is 12.2. The van der Waals surface area contributed by atoms with Gasteiger partial charge in [-0.1, -0.05) is 37.3 Å². The van der Waals surface area contributed by atoms with E-state index in [1.54, 1.807) is 0 Å². The summed E-state index contributed by atoms with van der Waals surface area (Å²) in [4.78, 5) is 12.2. The smallest absolute Gasteiger partial charge is 0.227 e. The first-order valence-electron chi connectivity index (χ1n) is 7.34. The van der Waals surface area contributed by atoms with Gasteiger partial charge in [-0.15, -0.1) is 12.4 Å². The second kappa shape index (κ2) is 8.98. The fraction of sp³-hybridized carbons (Fsp3) is 0.562. The third-order valence-electron chi connectivity index (χ3n) is 3.94. The average molecular weight is 297 g/mol. The van der Waals surface area contributed by atoms with Crippen LogP contribution in [-0.4, -0.2) is 25.5 Å². The Labute approximate surface area is 127 Å². The molecule has 1 fully saturated rings. The van der Waals surface area contributed by atoms with Crippen LogP contribution in [0.25, 0.3) is 0 Å². The first-order chi connectivity index (χ1) is 9.31. The third kappa shape index (κ3) is 4.80. The topological polar surface area (TPSA) is 41.1 Å². The van der Waals surface area contributed by atoms with Crippen molar-refractivity contribution in [2.45, 2.75) is 32.1 Å². The standard InChI is InChI=1S/C16H24N2O.ClH/c1-2-15(14-6-4-3-5-7-14)16(19)18-11-9-13-8-10-17-12-13;/h3-7,13,15,17H,2,8-12H2,1H3,(H,18,19);1H. The van der Waals surface area contributed by atoms with Crippen molar-refractivity contribution in [1.82, 2.24) is 10.6 Å². The van der Waals surface area contributed by atoms with Crippen LogP contribution in [0.15, 0.2) is 30.3 Å². The molecule has 0 bridgehead atoms. The number of halogens is 1. The highest BCUT2D eigenvalue weighted by atomic mass is 35.5. The summed E-state index contributed by atoms with van der Waals surface area (Å²) in [7, 11) is 0. The Kier molecular flexibility index (Phi) is 7.63. The van der Waals surface area contributed by atoms with E-state index in [0.29, 0.717) is 0 Å². The van der Waals surface area contributed by atoms with Crippen molar-refractivity contribution in [3.63, 3.8) is 0 Å². The molecule has 1 aromatic rings. The Hall–Kier alpha value is -1.06. The Morgan fingerprint density at radius 2 is 2.15 bits per heavy atom. The number of hydrogen-bond acceptors (Lipinski definition) is 2. The van der Waals surface area contributed by atoms with Crippen LogP contribution >= 0.6 is 12.4 Å². The van der Waals surface area contributed by atoms with Crippen LogP contribution in [-0.2, 0) is 4.79 Å². The highest BCUT2D eigenvalue weighted by Gasteiger charge is 2.19. The quantitative estimate of drug-likeness (QED) is 0.847. The van der Waals surface area contributed by atoms with E-state index in [4.69, 9.17) is 0 Å². The van der Waals surface area contributed by atoms with Crippen molar-refractivity contribution in [3.05, 3.63) is 35.9 Å². The molecular formula is C16H25ClN2O. The lowest BCUT2D eigenvalue weighted by atomic mass is 9.95. The summed E-state index contributed by atoms with van der Waals surface area (Å²) in [6.45, 7) is 5.10. The molecule has 1 aromatic carbocycles. The van der Waals surface area contributed by atoms with Crippen LogP contribution in [0, 0.1) is 5.92 Å². The van der Waals surface area contributed by atoms with Crippen LogP contribution in [0.5, 0.6) is 0 Å². The molecule has 1 aliphatic heterocycles. The van der Waals surface area contributed by atoms with Gasteiger partial charge in [-0.05, 0) is 43.8 Å². The van der Waals surface area contributed by atoms with E-state index < -0.39 is 0 Å². The molecule has 1 aliphatic rings. The summed E-state index contributed by atoms with van der Waals surface area (Å²) in [6.07, 6.45) is 3.18. The van der Waals surface area contributed by atoms with Crippen molar-refractivity contribution in [1.29, 1.82) is 0 Å². The van der Waals surface area contributed by atoms with Gasteiger partial charge in [0.05, 0.1) is 5.92 Å². The van der Waals surface area contributed by atoms with Crippen molar-refractivity contribution in [2.24, 2.45) is 5.92 Å². The normalized spacial score (nSPS) is 19.1. The van der Waals surface area contributed by atoms with Gasteiger partial charge in [-0.25, -0.2) is 0 Å². The van der Waals surface area contributed by atoms with E-state index in [9.17, 15) is 4.79 Å². The molecule has 1 heterocycles. The summed E-state index contributed by atoms with van der Waals surface area (Å²) < 4.78 is 0. The van der Waals surface area contributed by atoms with Crippen molar-refractivity contribution < 1.29 is 4.79 Å². The molecule has 1 amide bonds. The molecule has 0 saturated carbocycles. The fourth-order valence-corrected chi connectivity index (χ4v) is 2.74. The highest BCUT2D eigenvalue weighted by Crippen LogP contribution is 2.19. The highest BCUT2D eigenvalue weighted by molar-refractivity contribution is 5.85. The first kappa shape index (κ1) is 17.0. The lowest BCUT2D eigenvalue weighted by molar-refractivity contribution is -0.122. The second-order valence-corrected chi connectivity index (χ2v) is 5.31. The van der Waals surface area contributed by atoms with E-state index in [0.717, 1.165) is 44.0 Å². The van der Waals surface area contributed by atoms with Crippen LogP contribution in [0.2, 0.25) is 0 Å². The number of carbonyl (C=O) groups excluding carboxylic acids is 1. The predicted octanol–water partition coefficient (Wildman–Crippen LogP) is 2.72. The molecule has 2 N–H and O–H groups in total. The van der Waals surface area contributed by atoms with Crippen molar-refractivity contribution in [2.75, 3.05) is 19.6 Å². The Bertz CT molecular complexity index is 391. The van der Waals surface area contributed by atoms with E-state index >= 15 is 0 Å². The van der Waals surface area contributed by atoms with E-state index in [-0.39, 0.29) is 24.2 Å². The van der Waals surface area contributed by atoms with Crippen LogP contribution in [0.4, 0.5) is 0 Å². The minimum absolute atomic E-state index is 0. The molecule has 4 heteroatoms. The Morgan fingerprint density at radius 1 is 1.40 bits per heavy atom. The lowest BCUT2D eigenvalue weighted by Crippen LogP contribution is -2.31. The van der Waals surface area contributed by atoms with Gasteiger partial charge in [0, 0.05) is 6.54 Å². The minimum Gasteiger partial charge on any atom is -0.356 e.